The second-order valence-electron chi connectivity index (χ2n) is 9.71. The highest BCUT2D eigenvalue weighted by molar-refractivity contribution is 6.02. The number of ether oxygens (including phenoxy) is 1. The maximum atomic E-state index is 13.1. The van der Waals surface area contributed by atoms with Gasteiger partial charge >= 0.3 is 0 Å². The quantitative estimate of drug-likeness (QED) is 0.235. The van der Waals surface area contributed by atoms with Crippen molar-refractivity contribution in [2.24, 2.45) is 23.5 Å². The van der Waals surface area contributed by atoms with Crippen LogP contribution in [0, 0.1) is 17.8 Å². The summed E-state index contributed by atoms with van der Waals surface area (Å²) in [5, 5.41) is 40.2. The van der Waals surface area contributed by atoms with Crippen molar-refractivity contribution >= 4 is 23.5 Å². The number of aromatic hydroxyl groups is 2. The number of hydrogen-bond acceptors (Lipinski definition) is 8. The average molecular weight is 548 g/mol. The smallest absolute Gasteiger partial charge is 0.224 e. The highest BCUT2D eigenvalue weighted by atomic mass is 16.5. The standard InChI is InChI=1S/C29H35NO8.H2O.2H2/c1-38-26-7-3-6-19(29(26)37)5-2-4-18-8-9-23(33)28-21(18)13-17(14-25(28)35)12-20(10-11-31)22(16-32)24(34)15-27(30)36;;;/h2-4,6-9,17,20,22,31-33,37H,5,10-16H2,1H3,(H2,30,36);1H2;2*1H/b4-2-;;;. The molecule has 0 spiro atoms. The van der Waals surface area contributed by atoms with E-state index in [1.165, 1.54) is 13.2 Å². The van der Waals surface area contributed by atoms with Gasteiger partial charge in [0.05, 0.1) is 25.7 Å². The number of nitrogens with two attached hydrogens (primary N) is 1. The van der Waals surface area contributed by atoms with Crippen LogP contribution >= 0.6 is 0 Å². The zero-order valence-electron chi connectivity index (χ0n) is 21.9. The number of rotatable bonds is 13. The average Bonchev–Trinajstić information content (AvgIpc) is 2.86. The Morgan fingerprint density at radius 2 is 1.92 bits per heavy atom. The molecule has 1 aliphatic rings. The van der Waals surface area contributed by atoms with Gasteiger partial charge in [-0.1, -0.05) is 30.4 Å². The van der Waals surface area contributed by atoms with Crippen molar-refractivity contribution in [3.05, 3.63) is 58.7 Å². The number of para-hydroxylation sites is 1. The fourth-order valence-electron chi connectivity index (χ4n) is 5.33. The van der Waals surface area contributed by atoms with Crippen molar-refractivity contribution in [2.45, 2.75) is 38.5 Å². The van der Waals surface area contributed by atoms with Crippen LogP contribution in [0.25, 0.3) is 6.08 Å². The van der Waals surface area contributed by atoms with Crippen LogP contribution in [0.2, 0.25) is 0 Å². The Bertz CT molecular complexity index is 1220. The molecule has 3 unspecified atom stereocenters. The minimum Gasteiger partial charge on any atom is -0.507 e. The van der Waals surface area contributed by atoms with Crippen molar-refractivity contribution in [3.63, 3.8) is 0 Å². The topological polar surface area (TPSA) is 199 Å². The number of allylic oxidation sites excluding steroid dienone is 1. The van der Waals surface area contributed by atoms with Crippen LogP contribution in [-0.4, -0.2) is 63.7 Å². The van der Waals surface area contributed by atoms with Crippen molar-refractivity contribution in [2.75, 3.05) is 20.3 Å². The molecule has 0 aromatic heterocycles. The molecule has 0 saturated carbocycles. The SMILES string of the molecule is COc1cccc(C/C=C\c2ccc(O)c3c2CC(CC(CCO)C(CO)C(=O)CC(N)=O)CC3=O)c1O.O.[HH].[HH]. The van der Waals surface area contributed by atoms with Gasteiger partial charge in [-0.3, -0.25) is 14.4 Å². The van der Waals surface area contributed by atoms with E-state index in [0.29, 0.717) is 36.1 Å². The maximum absolute atomic E-state index is 13.1. The summed E-state index contributed by atoms with van der Waals surface area (Å²) in [6, 6.07) is 8.44. The first kappa shape index (κ1) is 31.5. The first-order valence-electron chi connectivity index (χ1n) is 12.6. The van der Waals surface area contributed by atoms with Gasteiger partial charge in [-0.25, -0.2) is 0 Å². The van der Waals surface area contributed by atoms with Gasteiger partial charge in [-0.2, -0.15) is 0 Å². The molecule has 0 bridgehead atoms. The molecule has 1 amide bonds. The molecule has 0 fully saturated rings. The molecule has 0 aliphatic heterocycles. The number of fused-ring (bicyclic) bond motifs is 1. The normalized spacial score (nSPS) is 16.3. The number of benzene rings is 2. The summed E-state index contributed by atoms with van der Waals surface area (Å²) in [5.41, 5.74) is 7.54. The Kier molecular flexibility index (Phi) is 11.7. The van der Waals surface area contributed by atoms with Crippen LogP contribution in [0.15, 0.2) is 36.4 Å². The zero-order chi connectivity index (χ0) is 27.8. The molecule has 0 saturated heterocycles. The third kappa shape index (κ3) is 7.66. The summed E-state index contributed by atoms with van der Waals surface area (Å²) in [5.74, 6) is -2.66. The summed E-state index contributed by atoms with van der Waals surface area (Å²) < 4.78 is 5.15. The highest BCUT2D eigenvalue weighted by Crippen LogP contribution is 2.39. The van der Waals surface area contributed by atoms with Crippen molar-refractivity contribution in [1.82, 2.24) is 0 Å². The van der Waals surface area contributed by atoms with E-state index in [9.17, 15) is 34.8 Å². The molecule has 2 aromatic rings. The Hall–Kier alpha value is -3.73. The number of aliphatic hydroxyl groups is 2. The van der Waals surface area contributed by atoms with Crippen LogP contribution in [0.4, 0.5) is 0 Å². The lowest BCUT2D eigenvalue weighted by Crippen LogP contribution is -2.33. The lowest BCUT2D eigenvalue weighted by Gasteiger charge is -2.31. The molecule has 39 heavy (non-hydrogen) atoms. The van der Waals surface area contributed by atoms with Crippen LogP contribution < -0.4 is 10.5 Å². The predicted molar refractivity (Wildman–Crippen MR) is 149 cm³/mol. The molecule has 8 N–H and O–H groups in total. The number of phenols is 2. The lowest BCUT2D eigenvalue weighted by atomic mass is 9.73. The molecule has 0 heterocycles. The number of methoxy groups -OCH3 is 1. The first-order valence-corrected chi connectivity index (χ1v) is 12.6. The van der Waals surface area contributed by atoms with Gasteiger partial charge in [0, 0.05) is 27.4 Å². The molecule has 3 atom stereocenters. The lowest BCUT2D eigenvalue weighted by molar-refractivity contribution is -0.131. The van der Waals surface area contributed by atoms with E-state index in [-0.39, 0.29) is 56.5 Å². The van der Waals surface area contributed by atoms with Crippen molar-refractivity contribution in [3.8, 4) is 17.2 Å². The summed E-state index contributed by atoms with van der Waals surface area (Å²) in [7, 11) is 1.48. The number of carbonyl (C=O) groups is 3. The van der Waals surface area contributed by atoms with E-state index in [0.717, 1.165) is 5.56 Å². The molecule has 3 rings (SSSR count). The fraction of sp³-hybridized carbons (Fsp3) is 0.414. The Morgan fingerprint density at radius 1 is 1.18 bits per heavy atom. The predicted octanol–water partition coefficient (Wildman–Crippen LogP) is 2.22. The molecule has 10 heteroatoms. The molecular formula is C29H41NO9. The summed E-state index contributed by atoms with van der Waals surface area (Å²) in [6.07, 6.45) is 4.81. The number of phenolic OH excluding ortho intramolecular Hbond substituents is 2. The minimum absolute atomic E-state index is 0. The summed E-state index contributed by atoms with van der Waals surface area (Å²) >= 11 is 0. The van der Waals surface area contributed by atoms with Crippen LogP contribution in [0.1, 0.15) is 55.6 Å². The Morgan fingerprint density at radius 3 is 2.56 bits per heavy atom. The largest absolute Gasteiger partial charge is 0.507 e. The van der Waals surface area contributed by atoms with E-state index in [1.54, 1.807) is 24.3 Å². The van der Waals surface area contributed by atoms with Gasteiger partial charge in [0.1, 0.15) is 11.5 Å². The number of amides is 1. The van der Waals surface area contributed by atoms with Crippen LogP contribution in [0.3, 0.4) is 0 Å². The fourth-order valence-corrected chi connectivity index (χ4v) is 5.33. The number of hydrogen-bond donors (Lipinski definition) is 5. The number of carbonyl (C=O) groups excluding carboxylic acids is 3. The Labute approximate surface area is 230 Å². The second kappa shape index (κ2) is 14.4. The molecule has 216 valence electrons. The summed E-state index contributed by atoms with van der Waals surface area (Å²) in [4.78, 5) is 36.9. The highest BCUT2D eigenvalue weighted by Gasteiger charge is 2.34. The third-order valence-electron chi connectivity index (χ3n) is 7.17. The van der Waals surface area contributed by atoms with Gasteiger partial charge < -0.3 is 36.4 Å². The van der Waals surface area contributed by atoms with E-state index in [4.69, 9.17) is 10.5 Å². The number of ketones is 2. The Balaban J connectivity index is 0.00000533. The van der Waals surface area contributed by atoms with E-state index in [2.05, 4.69) is 0 Å². The van der Waals surface area contributed by atoms with E-state index in [1.807, 2.05) is 12.2 Å². The van der Waals surface area contributed by atoms with Crippen LogP contribution in [0.5, 0.6) is 17.2 Å². The van der Waals surface area contributed by atoms with E-state index >= 15 is 0 Å². The van der Waals surface area contributed by atoms with Crippen molar-refractivity contribution < 1.29 is 47.9 Å². The molecule has 0 radical (unpaired) electrons. The molecule has 1 aliphatic carbocycles. The van der Waals surface area contributed by atoms with Gasteiger partial charge in [0.2, 0.25) is 5.91 Å². The molecular weight excluding hydrogens is 506 g/mol. The first-order chi connectivity index (χ1) is 18.2. The number of Topliss-reactive ketones (excluding diaryl/α,β-unsaturated/α-hetero) is 2. The number of primary amides is 1. The third-order valence-corrected chi connectivity index (χ3v) is 7.17. The summed E-state index contributed by atoms with van der Waals surface area (Å²) in [6.45, 7) is -0.700. The maximum Gasteiger partial charge on any atom is 0.224 e. The van der Waals surface area contributed by atoms with E-state index < -0.39 is 36.6 Å². The number of aliphatic hydroxyl groups excluding tert-OH is 2. The zero-order valence-corrected chi connectivity index (χ0v) is 21.9. The second-order valence-corrected chi connectivity index (χ2v) is 9.71. The van der Waals surface area contributed by atoms with Crippen molar-refractivity contribution in [1.29, 1.82) is 0 Å². The minimum atomic E-state index is -0.870. The van der Waals surface area contributed by atoms with Gasteiger partial charge in [0.25, 0.3) is 0 Å². The monoisotopic (exact) mass is 547 g/mol. The van der Waals surface area contributed by atoms with Gasteiger partial charge in [-0.15, -0.1) is 0 Å². The van der Waals surface area contributed by atoms with Crippen LogP contribution in [-0.2, 0) is 22.4 Å². The van der Waals surface area contributed by atoms with Gasteiger partial charge in [-0.05, 0) is 60.8 Å². The molecule has 2 aromatic carbocycles. The molecule has 10 nitrogen and oxygen atoms in total. The van der Waals surface area contributed by atoms with Gasteiger partial charge in [0.15, 0.2) is 17.3 Å².